The summed E-state index contributed by atoms with van der Waals surface area (Å²) in [7, 11) is 11.5. The second-order valence-electron chi connectivity index (χ2n) is 1.63. The third-order valence-electron chi connectivity index (χ3n) is 0.969. The summed E-state index contributed by atoms with van der Waals surface area (Å²) in [5, 5.41) is 0. The Morgan fingerprint density at radius 1 is 1.10 bits per heavy atom. The normalized spacial score (nSPS) is 11.3. The monoisotopic (exact) mass is 352 g/mol. The SMILES string of the molecule is ClI(Cl)c1ccc(Br)cc1. The Morgan fingerprint density at radius 2 is 1.60 bits per heavy atom. The molecule has 0 amide bonds. The molecule has 0 aliphatic heterocycles. The van der Waals surface area contributed by atoms with Crippen LogP contribution in [0.15, 0.2) is 28.7 Å². The van der Waals surface area contributed by atoms with Gasteiger partial charge in [-0.3, -0.25) is 0 Å². The summed E-state index contributed by atoms with van der Waals surface area (Å²) in [5.74, 6) is 0. The number of halogens is 4. The molecule has 56 valence electrons. The molecule has 0 N–H and O–H groups in total. The third-order valence-corrected chi connectivity index (χ3v) is 5.37. The maximum absolute atomic E-state index is 5.76. The van der Waals surface area contributed by atoms with Crippen LogP contribution in [0.2, 0.25) is 0 Å². The Morgan fingerprint density at radius 3 is 2.00 bits per heavy atom. The van der Waals surface area contributed by atoms with Gasteiger partial charge in [-0.1, -0.05) is 0 Å². The van der Waals surface area contributed by atoms with Crippen molar-refractivity contribution in [1.29, 1.82) is 0 Å². The van der Waals surface area contributed by atoms with E-state index in [1.54, 1.807) is 0 Å². The van der Waals surface area contributed by atoms with E-state index in [0.29, 0.717) is 0 Å². The second-order valence-corrected chi connectivity index (χ2v) is 9.73. The Labute approximate surface area is 82.8 Å². The van der Waals surface area contributed by atoms with Crippen molar-refractivity contribution in [3.8, 4) is 0 Å². The van der Waals surface area contributed by atoms with Crippen molar-refractivity contribution in [2.75, 3.05) is 0 Å². The van der Waals surface area contributed by atoms with Crippen LogP contribution < -0.4 is 0 Å². The fourth-order valence-electron chi connectivity index (χ4n) is 0.525. The number of rotatable bonds is 1. The van der Waals surface area contributed by atoms with E-state index in [1.807, 2.05) is 24.3 Å². The van der Waals surface area contributed by atoms with Crippen LogP contribution >= 0.6 is 51.3 Å². The average Bonchev–Trinajstić information content (AvgIpc) is 1.88. The van der Waals surface area contributed by atoms with Crippen LogP contribution in [0.5, 0.6) is 0 Å². The van der Waals surface area contributed by atoms with E-state index in [4.69, 9.17) is 17.8 Å². The molecule has 1 aromatic carbocycles. The van der Waals surface area contributed by atoms with Gasteiger partial charge in [0.25, 0.3) is 0 Å². The van der Waals surface area contributed by atoms with Crippen LogP contribution in [-0.4, -0.2) is 0 Å². The van der Waals surface area contributed by atoms with Gasteiger partial charge in [0.2, 0.25) is 0 Å². The topological polar surface area (TPSA) is 0 Å². The summed E-state index contributed by atoms with van der Waals surface area (Å²) in [6.45, 7) is 0. The van der Waals surface area contributed by atoms with E-state index in [2.05, 4.69) is 15.9 Å². The van der Waals surface area contributed by atoms with Crippen LogP contribution in [0.4, 0.5) is 0 Å². The summed E-state index contributed by atoms with van der Waals surface area (Å²) in [4.78, 5) is 0. The van der Waals surface area contributed by atoms with Gasteiger partial charge in [-0.25, -0.2) is 0 Å². The first-order valence-corrected chi connectivity index (χ1v) is 9.82. The first kappa shape index (κ1) is 9.10. The van der Waals surface area contributed by atoms with Gasteiger partial charge in [0.1, 0.15) is 0 Å². The predicted octanol–water partition coefficient (Wildman–Crippen LogP) is 4.43. The van der Waals surface area contributed by atoms with Gasteiger partial charge in [-0.15, -0.1) is 0 Å². The number of benzene rings is 1. The van der Waals surface area contributed by atoms with Gasteiger partial charge in [0.05, 0.1) is 0 Å². The van der Waals surface area contributed by atoms with Crippen LogP contribution in [0.1, 0.15) is 0 Å². The van der Waals surface area contributed by atoms with E-state index < -0.39 is 17.6 Å². The summed E-state index contributed by atoms with van der Waals surface area (Å²) in [6, 6.07) is 7.80. The molecule has 0 unspecified atom stereocenters. The number of hydrogen-bond acceptors (Lipinski definition) is 0. The van der Waals surface area contributed by atoms with Gasteiger partial charge in [0.15, 0.2) is 0 Å². The number of hydrogen-bond donors (Lipinski definition) is 0. The van der Waals surface area contributed by atoms with E-state index in [9.17, 15) is 0 Å². The molecule has 0 atom stereocenters. The predicted molar refractivity (Wildman–Crippen MR) is 58.6 cm³/mol. The molecule has 0 nitrogen and oxygen atoms in total. The Bertz CT molecular complexity index is 209. The van der Waals surface area contributed by atoms with Gasteiger partial charge in [0, 0.05) is 0 Å². The van der Waals surface area contributed by atoms with Crippen molar-refractivity contribution in [3.63, 3.8) is 0 Å². The van der Waals surface area contributed by atoms with Crippen molar-refractivity contribution in [2.24, 2.45) is 0 Å². The molecule has 0 saturated heterocycles. The summed E-state index contributed by atoms with van der Waals surface area (Å²) >= 11 is 1.55. The minimum atomic E-state index is -1.78. The molecule has 1 rings (SSSR count). The molecule has 0 saturated carbocycles. The van der Waals surface area contributed by atoms with Crippen molar-refractivity contribution in [2.45, 2.75) is 0 Å². The molecular formula is C6H4BrCl2I. The minimum absolute atomic E-state index is 1.06. The first-order chi connectivity index (χ1) is 4.70. The molecule has 0 aromatic heterocycles. The summed E-state index contributed by atoms with van der Waals surface area (Å²) in [6.07, 6.45) is 0. The quantitative estimate of drug-likeness (QED) is 0.655. The van der Waals surface area contributed by atoms with E-state index >= 15 is 0 Å². The Hall–Kier alpha value is 1.01. The Kier molecular flexibility index (Phi) is 3.77. The fourth-order valence-corrected chi connectivity index (χ4v) is 2.97. The van der Waals surface area contributed by atoms with Gasteiger partial charge in [-0.05, 0) is 0 Å². The van der Waals surface area contributed by atoms with Gasteiger partial charge in [-0.2, -0.15) is 0 Å². The molecular weight excluding hydrogens is 350 g/mol. The van der Waals surface area contributed by atoms with Crippen molar-refractivity contribution >= 4 is 51.3 Å². The zero-order valence-corrected chi connectivity index (χ0v) is 10.1. The standard InChI is InChI=1S/C6H4BrCl2I/c7-5-1-3-6(4-2-5)10(8)9/h1-4H. The third kappa shape index (κ3) is 2.57. The fraction of sp³-hybridized carbons (Fsp3) is 0. The van der Waals surface area contributed by atoms with Crippen LogP contribution in [0, 0.1) is 3.57 Å². The van der Waals surface area contributed by atoms with Crippen molar-refractivity contribution in [1.82, 2.24) is 0 Å². The van der Waals surface area contributed by atoms with E-state index in [0.717, 1.165) is 8.04 Å². The molecule has 10 heavy (non-hydrogen) atoms. The van der Waals surface area contributed by atoms with E-state index in [-0.39, 0.29) is 0 Å². The average molecular weight is 354 g/mol. The zero-order valence-electron chi connectivity index (χ0n) is 4.82. The van der Waals surface area contributed by atoms with E-state index in [1.165, 1.54) is 0 Å². The van der Waals surface area contributed by atoms with Crippen LogP contribution in [-0.2, 0) is 0 Å². The molecule has 0 aliphatic carbocycles. The summed E-state index contributed by atoms with van der Waals surface area (Å²) in [5.41, 5.74) is 0. The molecule has 0 aliphatic rings. The first-order valence-electron chi connectivity index (χ1n) is 2.49. The maximum atomic E-state index is 5.76. The zero-order chi connectivity index (χ0) is 7.56. The second kappa shape index (κ2) is 4.14. The summed E-state index contributed by atoms with van der Waals surface area (Å²) < 4.78 is 2.14. The van der Waals surface area contributed by atoms with Crippen molar-refractivity contribution in [3.05, 3.63) is 32.3 Å². The molecule has 0 radical (unpaired) electrons. The molecule has 0 heterocycles. The van der Waals surface area contributed by atoms with Gasteiger partial charge >= 0.3 is 83.6 Å². The van der Waals surface area contributed by atoms with Gasteiger partial charge < -0.3 is 0 Å². The van der Waals surface area contributed by atoms with Crippen LogP contribution in [0.3, 0.4) is 0 Å². The van der Waals surface area contributed by atoms with Crippen molar-refractivity contribution < 1.29 is 0 Å². The molecule has 0 bridgehead atoms. The molecule has 1 aromatic rings. The molecule has 0 fully saturated rings. The molecule has 0 spiro atoms. The Balaban J connectivity index is 2.89. The van der Waals surface area contributed by atoms with Crippen LogP contribution in [0.25, 0.3) is 0 Å². The molecule has 4 heteroatoms.